The van der Waals surface area contributed by atoms with E-state index in [-0.39, 0.29) is 5.69 Å². The van der Waals surface area contributed by atoms with E-state index in [4.69, 9.17) is 0 Å². The number of rotatable bonds is 3. The maximum atomic E-state index is 13.6. The van der Waals surface area contributed by atoms with Crippen molar-refractivity contribution in [1.29, 1.82) is 0 Å². The van der Waals surface area contributed by atoms with Crippen LogP contribution in [0.2, 0.25) is 0 Å². The highest BCUT2D eigenvalue weighted by Crippen LogP contribution is 2.23. The monoisotopic (exact) mass is 293 g/mol. The van der Waals surface area contributed by atoms with Crippen molar-refractivity contribution in [3.05, 3.63) is 64.5 Å². The summed E-state index contributed by atoms with van der Waals surface area (Å²) in [6.45, 7) is 3.59. The minimum atomic E-state index is -1.22. The zero-order valence-corrected chi connectivity index (χ0v) is 11.6. The summed E-state index contributed by atoms with van der Waals surface area (Å²) in [6, 6.07) is 5.87. The van der Waals surface area contributed by atoms with Crippen molar-refractivity contribution in [3.8, 4) is 0 Å². The Labute approximate surface area is 120 Å². The SMILES string of the molecule is CCc1cc(F)cc(NC(=O)c2cccc(F)c2F)c1C. The number of nitrogens with one attached hydrogen (secondary N) is 1. The summed E-state index contributed by atoms with van der Waals surface area (Å²) < 4.78 is 40.2. The van der Waals surface area contributed by atoms with Crippen LogP contribution in [0, 0.1) is 24.4 Å². The van der Waals surface area contributed by atoms with E-state index in [9.17, 15) is 18.0 Å². The van der Waals surface area contributed by atoms with Crippen LogP contribution in [0.3, 0.4) is 0 Å². The second-order valence-corrected chi connectivity index (χ2v) is 4.65. The summed E-state index contributed by atoms with van der Waals surface area (Å²) in [5.41, 5.74) is 1.27. The molecular weight excluding hydrogens is 279 g/mol. The van der Waals surface area contributed by atoms with Crippen molar-refractivity contribution < 1.29 is 18.0 Å². The zero-order valence-electron chi connectivity index (χ0n) is 11.6. The van der Waals surface area contributed by atoms with E-state index < -0.39 is 28.9 Å². The predicted molar refractivity (Wildman–Crippen MR) is 74.8 cm³/mol. The molecule has 21 heavy (non-hydrogen) atoms. The molecule has 0 aliphatic rings. The summed E-state index contributed by atoms with van der Waals surface area (Å²) in [5, 5.41) is 2.42. The number of aryl methyl sites for hydroxylation is 1. The first-order valence-electron chi connectivity index (χ1n) is 6.48. The molecule has 5 heteroatoms. The first-order chi connectivity index (χ1) is 9.93. The second kappa shape index (κ2) is 5.99. The van der Waals surface area contributed by atoms with Gasteiger partial charge in [0.2, 0.25) is 0 Å². The number of carbonyl (C=O) groups is 1. The van der Waals surface area contributed by atoms with Gasteiger partial charge in [-0.2, -0.15) is 0 Å². The van der Waals surface area contributed by atoms with Crippen LogP contribution in [0.4, 0.5) is 18.9 Å². The lowest BCUT2D eigenvalue weighted by Crippen LogP contribution is -2.16. The molecule has 2 nitrogen and oxygen atoms in total. The van der Waals surface area contributed by atoms with Gasteiger partial charge in [0.25, 0.3) is 5.91 Å². The van der Waals surface area contributed by atoms with Crippen LogP contribution in [0.5, 0.6) is 0 Å². The van der Waals surface area contributed by atoms with Crippen molar-refractivity contribution in [2.75, 3.05) is 5.32 Å². The maximum absolute atomic E-state index is 13.6. The lowest BCUT2D eigenvalue weighted by Gasteiger charge is -2.12. The molecule has 110 valence electrons. The van der Waals surface area contributed by atoms with Gasteiger partial charge in [-0.15, -0.1) is 0 Å². The van der Waals surface area contributed by atoms with Crippen molar-refractivity contribution in [3.63, 3.8) is 0 Å². The molecule has 2 rings (SSSR count). The normalized spacial score (nSPS) is 10.5. The molecule has 0 aliphatic heterocycles. The quantitative estimate of drug-likeness (QED) is 0.901. The standard InChI is InChI=1S/C16H14F3NO/c1-3-10-7-11(17)8-14(9(10)2)20-16(21)12-5-4-6-13(18)15(12)19/h4-8H,3H2,1-2H3,(H,20,21). The van der Waals surface area contributed by atoms with E-state index in [0.717, 1.165) is 17.7 Å². The number of anilines is 1. The third kappa shape index (κ3) is 3.07. The highest BCUT2D eigenvalue weighted by atomic mass is 19.2. The van der Waals surface area contributed by atoms with Crippen LogP contribution in [-0.2, 0) is 6.42 Å². The van der Waals surface area contributed by atoms with Gasteiger partial charge in [-0.05, 0) is 48.7 Å². The van der Waals surface area contributed by atoms with Crippen LogP contribution in [0.25, 0.3) is 0 Å². The first kappa shape index (κ1) is 15.1. The Morgan fingerprint density at radius 3 is 2.57 bits per heavy atom. The average Bonchev–Trinajstić information content (AvgIpc) is 2.45. The zero-order chi connectivity index (χ0) is 15.6. The minimum Gasteiger partial charge on any atom is -0.322 e. The molecule has 0 spiro atoms. The van der Waals surface area contributed by atoms with Crippen LogP contribution >= 0.6 is 0 Å². The maximum Gasteiger partial charge on any atom is 0.258 e. The summed E-state index contributed by atoms with van der Waals surface area (Å²) in [7, 11) is 0. The second-order valence-electron chi connectivity index (χ2n) is 4.65. The molecule has 0 atom stereocenters. The van der Waals surface area contributed by atoms with Gasteiger partial charge < -0.3 is 5.32 Å². The molecule has 0 aromatic heterocycles. The molecule has 0 radical (unpaired) electrons. The molecule has 1 N–H and O–H groups in total. The fourth-order valence-electron chi connectivity index (χ4n) is 2.10. The summed E-state index contributed by atoms with van der Waals surface area (Å²) >= 11 is 0. The molecule has 0 saturated carbocycles. The Hall–Kier alpha value is -2.30. The number of benzene rings is 2. The highest BCUT2D eigenvalue weighted by Gasteiger charge is 2.16. The summed E-state index contributed by atoms with van der Waals surface area (Å²) in [5.74, 6) is -3.64. The Morgan fingerprint density at radius 2 is 1.90 bits per heavy atom. The molecule has 0 unspecified atom stereocenters. The van der Waals surface area contributed by atoms with E-state index in [2.05, 4.69) is 5.32 Å². The number of carbonyl (C=O) groups excluding carboxylic acids is 1. The predicted octanol–water partition coefficient (Wildman–Crippen LogP) is 4.23. The molecule has 2 aromatic carbocycles. The van der Waals surface area contributed by atoms with E-state index in [1.54, 1.807) is 6.92 Å². The molecule has 0 aliphatic carbocycles. The van der Waals surface area contributed by atoms with Gasteiger partial charge in [0.15, 0.2) is 11.6 Å². The molecule has 1 amide bonds. The number of amides is 1. The number of hydrogen-bond acceptors (Lipinski definition) is 1. The van der Waals surface area contributed by atoms with E-state index in [1.165, 1.54) is 18.2 Å². The Morgan fingerprint density at radius 1 is 1.19 bits per heavy atom. The number of hydrogen-bond donors (Lipinski definition) is 1. The van der Waals surface area contributed by atoms with E-state index >= 15 is 0 Å². The first-order valence-corrected chi connectivity index (χ1v) is 6.48. The number of halogens is 3. The van der Waals surface area contributed by atoms with Gasteiger partial charge in [0.05, 0.1) is 5.56 Å². The average molecular weight is 293 g/mol. The molecule has 0 heterocycles. The van der Waals surface area contributed by atoms with E-state index in [1.807, 2.05) is 6.92 Å². The van der Waals surface area contributed by atoms with Gasteiger partial charge in [-0.3, -0.25) is 4.79 Å². The highest BCUT2D eigenvalue weighted by molar-refractivity contribution is 6.04. The van der Waals surface area contributed by atoms with Gasteiger partial charge >= 0.3 is 0 Å². The topological polar surface area (TPSA) is 29.1 Å². The molecule has 0 bridgehead atoms. The van der Waals surface area contributed by atoms with Crippen LogP contribution < -0.4 is 5.32 Å². The van der Waals surface area contributed by atoms with Gasteiger partial charge in [0, 0.05) is 5.69 Å². The molecule has 0 fully saturated rings. The Bertz CT molecular complexity index is 698. The van der Waals surface area contributed by atoms with Crippen molar-refractivity contribution in [2.24, 2.45) is 0 Å². The third-order valence-corrected chi connectivity index (χ3v) is 3.31. The molecule has 2 aromatic rings. The lowest BCUT2D eigenvalue weighted by molar-refractivity contribution is 0.102. The van der Waals surface area contributed by atoms with Crippen LogP contribution in [0.15, 0.2) is 30.3 Å². The lowest BCUT2D eigenvalue weighted by atomic mass is 10.0. The smallest absolute Gasteiger partial charge is 0.258 e. The van der Waals surface area contributed by atoms with Gasteiger partial charge in [-0.1, -0.05) is 13.0 Å². The molecular formula is C16H14F3NO. The fourth-order valence-corrected chi connectivity index (χ4v) is 2.10. The fraction of sp³-hybridized carbons (Fsp3) is 0.188. The largest absolute Gasteiger partial charge is 0.322 e. The van der Waals surface area contributed by atoms with Crippen LogP contribution in [0.1, 0.15) is 28.4 Å². The third-order valence-electron chi connectivity index (χ3n) is 3.31. The van der Waals surface area contributed by atoms with Crippen molar-refractivity contribution in [1.82, 2.24) is 0 Å². The molecule has 0 saturated heterocycles. The summed E-state index contributed by atoms with van der Waals surface area (Å²) in [4.78, 5) is 12.0. The van der Waals surface area contributed by atoms with Crippen LogP contribution in [-0.4, -0.2) is 5.91 Å². The van der Waals surface area contributed by atoms with E-state index in [0.29, 0.717) is 12.0 Å². The Kier molecular flexibility index (Phi) is 4.31. The van der Waals surface area contributed by atoms with Gasteiger partial charge in [0.1, 0.15) is 5.82 Å². The summed E-state index contributed by atoms with van der Waals surface area (Å²) in [6.07, 6.45) is 0.598. The minimum absolute atomic E-state index is 0.250. The Balaban J connectivity index is 2.36. The van der Waals surface area contributed by atoms with Gasteiger partial charge in [-0.25, -0.2) is 13.2 Å². The van der Waals surface area contributed by atoms with Crippen molar-refractivity contribution in [2.45, 2.75) is 20.3 Å². The van der Waals surface area contributed by atoms with Crippen molar-refractivity contribution >= 4 is 11.6 Å².